The molecule has 0 saturated heterocycles. The molecule has 1 fully saturated rings. The summed E-state index contributed by atoms with van der Waals surface area (Å²) >= 11 is 7.31. The quantitative estimate of drug-likeness (QED) is 0.385. The highest BCUT2D eigenvalue weighted by atomic mass is 35.5. The number of methoxy groups -OCH3 is 1. The fourth-order valence-electron chi connectivity index (χ4n) is 4.00. The minimum absolute atomic E-state index is 0.239. The van der Waals surface area contributed by atoms with Gasteiger partial charge < -0.3 is 14.6 Å². The van der Waals surface area contributed by atoms with Crippen molar-refractivity contribution in [2.24, 2.45) is 0 Å². The van der Waals surface area contributed by atoms with Gasteiger partial charge in [-0.25, -0.2) is 13.8 Å². The summed E-state index contributed by atoms with van der Waals surface area (Å²) in [5.41, 5.74) is 0.219. The van der Waals surface area contributed by atoms with Crippen molar-refractivity contribution in [1.82, 2.24) is 9.55 Å². The first-order valence-corrected chi connectivity index (χ1v) is 11.5. The smallest absolute Gasteiger partial charge is 0.275 e. The molecule has 0 atom stereocenters. The van der Waals surface area contributed by atoms with E-state index in [0.29, 0.717) is 26.7 Å². The zero-order valence-electron chi connectivity index (χ0n) is 17.9. The first-order chi connectivity index (χ1) is 16.2. The summed E-state index contributed by atoms with van der Waals surface area (Å²) in [5, 5.41) is 10.8. The van der Waals surface area contributed by atoms with Crippen molar-refractivity contribution in [2.75, 3.05) is 13.7 Å². The molecule has 2 aromatic carbocycles. The molecule has 34 heavy (non-hydrogen) atoms. The van der Waals surface area contributed by atoms with Gasteiger partial charge in [0.15, 0.2) is 11.5 Å². The van der Waals surface area contributed by atoms with Crippen LogP contribution < -0.4 is 15.0 Å². The summed E-state index contributed by atoms with van der Waals surface area (Å²) in [7, 11) is 1.43. The van der Waals surface area contributed by atoms with E-state index in [-0.39, 0.29) is 17.9 Å². The molecule has 2 aromatic heterocycles. The number of ether oxygens (including phenoxy) is 2. The Balaban J connectivity index is 1.43. The third-order valence-corrected chi connectivity index (χ3v) is 7.08. The van der Waals surface area contributed by atoms with E-state index in [2.05, 4.69) is 4.98 Å². The van der Waals surface area contributed by atoms with Crippen LogP contribution in [0.4, 0.5) is 8.78 Å². The molecule has 1 aliphatic carbocycles. The fraction of sp³-hybridized carbons (Fsp3) is 0.250. The zero-order chi connectivity index (χ0) is 24.1. The highest BCUT2D eigenvalue weighted by molar-refractivity contribution is 7.22. The van der Waals surface area contributed by atoms with Crippen molar-refractivity contribution in [3.8, 4) is 27.6 Å². The first-order valence-electron chi connectivity index (χ1n) is 10.3. The Morgan fingerprint density at radius 2 is 1.88 bits per heavy atom. The van der Waals surface area contributed by atoms with Gasteiger partial charge in [-0.2, -0.15) is 0 Å². The lowest BCUT2D eigenvalue weighted by molar-refractivity contribution is -0.215. The summed E-state index contributed by atoms with van der Waals surface area (Å²) in [6.45, 7) is -0.283. The van der Waals surface area contributed by atoms with Gasteiger partial charge in [0.1, 0.15) is 23.2 Å². The van der Waals surface area contributed by atoms with E-state index in [1.54, 1.807) is 30.3 Å². The lowest BCUT2D eigenvalue weighted by Gasteiger charge is -2.42. The van der Waals surface area contributed by atoms with E-state index in [1.165, 1.54) is 29.3 Å². The Morgan fingerprint density at radius 1 is 1.15 bits per heavy atom. The maximum Gasteiger partial charge on any atom is 0.275 e. The molecule has 10 heteroatoms. The van der Waals surface area contributed by atoms with Gasteiger partial charge in [0, 0.05) is 28.8 Å². The van der Waals surface area contributed by atoms with Crippen LogP contribution in [0.15, 0.2) is 59.7 Å². The lowest BCUT2D eigenvalue weighted by Crippen LogP contribution is -2.55. The van der Waals surface area contributed by atoms with Crippen LogP contribution in [-0.2, 0) is 0 Å². The molecule has 4 aromatic rings. The first kappa shape index (κ1) is 22.8. The second-order valence-corrected chi connectivity index (χ2v) is 9.80. The lowest BCUT2D eigenvalue weighted by atomic mass is 9.77. The second-order valence-electron chi connectivity index (χ2n) is 8.31. The molecule has 0 spiro atoms. The number of alkyl halides is 2. The maximum absolute atomic E-state index is 13.2. The van der Waals surface area contributed by atoms with Gasteiger partial charge in [0.2, 0.25) is 0 Å². The molecule has 1 saturated carbocycles. The van der Waals surface area contributed by atoms with Gasteiger partial charge in [-0.15, -0.1) is 11.3 Å². The third kappa shape index (κ3) is 4.26. The number of aromatic nitrogens is 2. The van der Waals surface area contributed by atoms with Gasteiger partial charge in [-0.3, -0.25) is 9.36 Å². The summed E-state index contributed by atoms with van der Waals surface area (Å²) in [6.07, 6.45) is 0.165. The van der Waals surface area contributed by atoms with Crippen LogP contribution in [0.2, 0.25) is 5.02 Å². The molecule has 1 aliphatic rings. The van der Waals surface area contributed by atoms with Crippen LogP contribution in [0.25, 0.3) is 26.3 Å². The SMILES string of the molecule is COc1cc(-n2cnc3cc(-c4ccc(Cl)cc4)sc3c2=O)ccc1OCC1(O)CC(F)(F)C1. The molecule has 0 unspecified atom stereocenters. The molecule has 0 radical (unpaired) electrons. The molecule has 0 amide bonds. The Bertz CT molecular complexity index is 1430. The second kappa shape index (κ2) is 8.33. The minimum Gasteiger partial charge on any atom is -0.493 e. The number of nitrogens with zero attached hydrogens (tertiary/aromatic N) is 2. The zero-order valence-corrected chi connectivity index (χ0v) is 19.5. The van der Waals surface area contributed by atoms with Crippen molar-refractivity contribution < 1.29 is 23.4 Å². The third-order valence-electron chi connectivity index (χ3n) is 5.66. The van der Waals surface area contributed by atoms with E-state index >= 15 is 0 Å². The highest BCUT2D eigenvalue weighted by Gasteiger charge is 2.56. The Morgan fingerprint density at radius 3 is 2.56 bits per heavy atom. The van der Waals surface area contributed by atoms with Crippen LogP contribution in [0.5, 0.6) is 11.5 Å². The van der Waals surface area contributed by atoms with E-state index in [4.69, 9.17) is 21.1 Å². The number of aliphatic hydroxyl groups is 1. The number of rotatable bonds is 6. The molecule has 1 N–H and O–H groups in total. The molecule has 2 heterocycles. The molecule has 0 bridgehead atoms. The molecule has 176 valence electrons. The van der Waals surface area contributed by atoms with Crippen molar-refractivity contribution in [1.29, 1.82) is 0 Å². The number of benzene rings is 2. The number of hydrogen-bond donors (Lipinski definition) is 1. The van der Waals surface area contributed by atoms with E-state index in [1.807, 2.05) is 18.2 Å². The fourth-order valence-corrected chi connectivity index (χ4v) is 5.18. The van der Waals surface area contributed by atoms with Crippen molar-refractivity contribution in [3.63, 3.8) is 0 Å². The number of hydrogen-bond acceptors (Lipinski definition) is 6. The molecule has 0 aliphatic heterocycles. The standard InChI is InChI=1S/C24H19ClF2N2O4S/c1-32-19-8-16(6-7-18(19)33-12-23(31)10-24(26,27)11-23)29-13-28-17-9-20(34-21(17)22(29)30)14-2-4-15(25)5-3-14/h2-9,13,31H,10-12H2,1H3. The summed E-state index contributed by atoms with van der Waals surface area (Å²) in [5.74, 6) is -2.29. The van der Waals surface area contributed by atoms with Crippen LogP contribution >= 0.6 is 22.9 Å². The topological polar surface area (TPSA) is 73.6 Å². The van der Waals surface area contributed by atoms with Gasteiger partial charge in [-0.05, 0) is 35.9 Å². The predicted octanol–water partition coefficient (Wildman–Crippen LogP) is 5.32. The largest absolute Gasteiger partial charge is 0.493 e. The van der Waals surface area contributed by atoms with Crippen LogP contribution in [0.3, 0.4) is 0 Å². The summed E-state index contributed by atoms with van der Waals surface area (Å²) < 4.78 is 39.1. The summed E-state index contributed by atoms with van der Waals surface area (Å²) in [4.78, 5) is 18.5. The van der Waals surface area contributed by atoms with E-state index in [9.17, 15) is 18.7 Å². The molecule has 5 rings (SSSR count). The van der Waals surface area contributed by atoms with E-state index < -0.39 is 24.4 Å². The number of fused-ring (bicyclic) bond motifs is 1. The van der Waals surface area contributed by atoms with Gasteiger partial charge in [0.05, 0.1) is 18.3 Å². The highest BCUT2D eigenvalue weighted by Crippen LogP contribution is 2.46. The van der Waals surface area contributed by atoms with Gasteiger partial charge >= 0.3 is 0 Å². The van der Waals surface area contributed by atoms with Crippen LogP contribution in [0.1, 0.15) is 12.8 Å². The monoisotopic (exact) mass is 504 g/mol. The van der Waals surface area contributed by atoms with Crippen molar-refractivity contribution in [2.45, 2.75) is 24.4 Å². The Kier molecular flexibility index (Phi) is 5.58. The van der Waals surface area contributed by atoms with Crippen molar-refractivity contribution >= 4 is 33.2 Å². The molecular weight excluding hydrogens is 486 g/mol. The Hall–Kier alpha value is -3.01. The maximum atomic E-state index is 13.2. The van der Waals surface area contributed by atoms with Gasteiger partial charge in [0.25, 0.3) is 11.5 Å². The predicted molar refractivity (Wildman–Crippen MR) is 127 cm³/mol. The number of thiophene rings is 1. The number of halogens is 3. The van der Waals surface area contributed by atoms with Crippen LogP contribution in [0, 0.1) is 0 Å². The van der Waals surface area contributed by atoms with Gasteiger partial charge in [-0.1, -0.05) is 23.7 Å². The summed E-state index contributed by atoms with van der Waals surface area (Å²) in [6, 6.07) is 14.0. The average molecular weight is 505 g/mol. The minimum atomic E-state index is -2.87. The van der Waals surface area contributed by atoms with E-state index in [0.717, 1.165) is 10.4 Å². The molecule has 6 nitrogen and oxygen atoms in total. The average Bonchev–Trinajstić information content (AvgIpc) is 3.22. The molecular formula is C24H19ClF2N2O4S. The normalized spacial score (nSPS) is 16.3. The van der Waals surface area contributed by atoms with Crippen molar-refractivity contribution in [3.05, 3.63) is 70.2 Å². The van der Waals surface area contributed by atoms with Crippen LogP contribution in [-0.4, -0.2) is 39.9 Å². The Labute approximate surface area is 202 Å².